The predicted molar refractivity (Wildman–Crippen MR) is 96.2 cm³/mol. The van der Waals surface area contributed by atoms with Gasteiger partial charge in [-0.05, 0) is 18.9 Å². The van der Waals surface area contributed by atoms with Gasteiger partial charge in [-0.3, -0.25) is 14.6 Å². The van der Waals surface area contributed by atoms with Crippen LogP contribution in [0, 0.1) is 5.92 Å². The van der Waals surface area contributed by atoms with Crippen LogP contribution in [0.15, 0.2) is 43.2 Å². The Hall–Kier alpha value is -2.87. The zero-order valence-electron chi connectivity index (χ0n) is 14.6. The number of nitrogens with zero attached hydrogens (tertiary/aromatic N) is 6. The molecule has 26 heavy (non-hydrogen) atoms. The average Bonchev–Trinajstić information content (AvgIpc) is 3.14. The van der Waals surface area contributed by atoms with Gasteiger partial charge in [0.05, 0.1) is 24.2 Å². The highest BCUT2D eigenvalue weighted by Crippen LogP contribution is 2.33. The van der Waals surface area contributed by atoms with Gasteiger partial charge >= 0.3 is 0 Å². The zero-order chi connectivity index (χ0) is 17.8. The summed E-state index contributed by atoms with van der Waals surface area (Å²) in [6.45, 7) is 1.53. The van der Waals surface area contributed by atoms with E-state index in [0.717, 1.165) is 42.9 Å². The zero-order valence-corrected chi connectivity index (χ0v) is 14.6. The summed E-state index contributed by atoms with van der Waals surface area (Å²) in [5.41, 5.74) is 2.60. The van der Waals surface area contributed by atoms with Gasteiger partial charge in [-0.15, -0.1) is 0 Å². The van der Waals surface area contributed by atoms with Crippen LogP contribution in [0.25, 0.3) is 11.4 Å². The van der Waals surface area contributed by atoms with E-state index < -0.39 is 0 Å². The van der Waals surface area contributed by atoms with Crippen molar-refractivity contribution in [2.75, 3.05) is 18.5 Å². The maximum absolute atomic E-state index is 6.02. The summed E-state index contributed by atoms with van der Waals surface area (Å²) in [5.74, 6) is 0.931. The number of hydrogen-bond acceptors (Lipinski definition) is 7. The largest absolute Gasteiger partial charge is 0.373 e. The van der Waals surface area contributed by atoms with Crippen LogP contribution in [0.1, 0.15) is 24.5 Å². The van der Waals surface area contributed by atoms with Crippen molar-refractivity contribution in [3.05, 3.63) is 48.8 Å². The first-order chi connectivity index (χ1) is 12.8. The third-order valence-electron chi connectivity index (χ3n) is 4.50. The van der Waals surface area contributed by atoms with Crippen molar-refractivity contribution in [2.45, 2.75) is 18.9 Å². The second-order valence-corrected chi connectivity index (χ2v) is 6.38. The fourth-order valence-electron chi connectivity index (χ4n) is 3.25. The number of aryl methyl sites for hydroxylation is 1. The van der Waals surface area contributed by atoms with Crippen molar-refractivity contribution >= 4 is 5.95 Å². The van der Waals surface area contributed by atoms with Gasteiger partial charge in [0.15, 0.2) is 0 Å². The molecule has 0 saturated carbocycles. The van der Waals surface area contributed by atoms with Crippen molar-refractivity contribution < 1.29 is 4.74 Å². The van der Waals surface area contributed by atoms with Crippen molar-refractivity contribution in [3.8, 4) is 11.4 Å². The summed E-state index contributed by atoms with van der Waals surface area (Å²) >= 11 is 0. The molecule has 0 radical (unpaired) electrons. The van der Waals surface area contributed by atoms with Gasteiger partial charge in [0.1, 0.15) is 5.69 Å². The van der Waals surface area contributed by atoms with Gasteiger partial charge in [-0.25, -0.2) is 9.97 Å². The standard InChI is InChI=1S/C18H21N7O/c1-25-12-14(10-23-25)17-13(3-2-8-26-17)9-22-18-21-5-4-15(24-18)16-11-19-6-7-20-16/h4-7,10-13,17H,2-3,8-9H2,1H3,(H,21,22,24)/t13-,17+/m0/s1. The lowest BCUT2D eigenvalue weighted by Crippen LogP contribution is -2.28. The maximum atomic E-state index is 6.02. The monoisotopic (exact) mass is 351 g/mol. The molecule has 3 aromatic rings. The highest BCUT2D eigenvalue weighted by molar-refractivity contribution is 5.53. The number of rotatable bonds is 5. The second-order valence-electron chi connectivity index (χ2n) is 6.38. The molecule has 8 heteroatoms. The van der Waals surface area contributed by atoms with Crippen molar-refractivity contribution in [2.24, 2.45) is 13.0 Å². The molecule has 4 heterocycles. The van der Waals surface area contributed by atoms with Crippen LogP contribution in [0.2, 0.25) is 0 Å². The summed E-state index contributed by atoms with van der Waals surface area (Å²) in [7, 11) is 1.92. The SMILES string of the molecule is Cn1cc([C@@H]2OCCC[C@H]2CNc2nccc(-c3cnccn3)n2)cn1. The first kappa shape index (κ1) is 16.6. The van der Waals surface area contributed by atoms with E-state index >= 15 is 0 Å². The summed E-state index contributed by atoms with van der Waals surface area (Å²) in [4.78, 5) is 17.2. The highest BCUT2D eigenvalue weighted by atomic mass is 16.5. The van der Waals surface area contributed by atoms with Crippen molar-refractivity contribution in [1.82, 2.24) is 29.7 Å². The number of hydrogen-bond donors (Lipinski definition) is 1. The number of anilines is 1. The molecule has 1 saturated heterocycles. The summed E-state index contributed by atoms with van der Waals surface area (Å²) in [6.07, 6.45) is 12.8. The van der Waals surface area contributed by atoms with Crippen LogP contribution in [0.5, 0.6) is 0 Å². The second kappa shape index (κ2) is 7.57. The van der Waals surface area contributed by atoms with Gasteiger partial charge in [-0.1, -0.05) is 0 Å². The van der Waals surface area contributed by atoms with Gasteiger partial charge in [0.2, 0.25) is 5.95 Å². The van der Waals surface area contributed by atoms with E-state index in [2.05, 4.69) is 30.4 Å². The van der Waals surface area contributed by atoms with Crippen molar-refractivity contribution in [3.63, 3.8) is 0 Å². The van der Waals surface area contributed by atoms with Gasteiger partial charge in [0, 0.05) is 56.5 Å². The smallest absolute Gasteiger partial charge is 0.223 e. The molecule has 0 aromatic carbocycles. The van der Waals surface area contributed by atoms with Gasteiger partial charge in [0.25, 0.3) is 0 Å². The van der Waals surface area contributed by atoms with E-state index in [0.29, 0.717) is 11.9 Å². The van der Waals surface area contributed by atoms with E-state index in [9.17, 15) is 0 Å². The van der Waals surface area contributed by atoms with Crippen molar-refractivity contribution in [1.29, 1.82) is 0 Å². The quantitative estimate of drug-likeness (QED) is 0.754. The van der Waals surface area contributed by atoms with E-state index in [1.54, 1.807) is 24.8 Å². The number of ether oxygens (including phenoxy) is 1. The number of aromatic nitrogens is 6. The fourth-order valence-corrected chi connectivity index (χ4v) is 3.25. The topological polar surface area (TPSA) is 90.6 Å². The Labute approximate surface area is 151 Å². The van der Waals surface area contributed by atoms with E-state index in [1.807, 2.05) is 30.2 Å². The lowest BCUT2D eigenvalue weighted by Gasteiger charge is -2.31. The first-order valence-electron chi connectivity index (χ1n) is 8.73. The Morgan fingerprint density at radius 1 is 1.19 bits per heavy atom. The van der Waals surface area contributed by atoms with Crippen LogP contribution in [0.4, 0.5) is 5.95 Å². The molecule has 0 unspecified atom stereocenters. The molecule has 3 aromatic heterocycles. The maximum Gasteiger partial charge on any atom is 0.223 e. The Balaban J connectivity index is 1.46. The number of nitrogens with one attached hydrogen (secondary N) is 1. The minimum absolute atomic E-state index is 0.0492. The third kappa shape index (κ3) is 3.70. The first-order valence-corrected chi connectivity index (χ1v) is 8.73. The molecule has 0 amide bonds. The minimum atomic E-state index is 0.0492. The molecule has 0 aliphatic carbocycles. The molecule has 4 rings (SSSR count). The Morgan fingerprint density at radius 2 is 2.15 bits per heavy atom. The molecule has 1 N–H and O–H groups in total. The molecule has 0 spiro atoms. The average molecular weight is 351 g/mol. The predicted octanol–water partition coefficient (Wildman–Crippen LogP) is 2.25. The molecule has 1 aliphatic rings. The van der Waals surface area contributed by atoms with Crippen LogP contribution >= 0.6 is 0 Å². The fraction of sp³-hybridized carbons (Fsp3) is 0.389. The lowest BCUT2D eigenvalue weighted by molar-refractivity contribution is -0.0239. The summed E-state index contributed by atoms with van der Waals surface area (Å²) in [6, 6.07) is 1.83. The van der Waals surface area contributed by atoms with Crippen LogP contribution in [-0.4, -0.2) is 42.9 Å². The normalized spacial score (nSPS) is 20.0. The van der Waals surface area contributed by atoms with Gasteiger partial charge in [-0.2, -0.15) is 5.10 Å². The Kier molecular flexibility index (Phi) is 4.83. The highest BCUT2D eigenvalue weighted by Gasteiger charge is 2.28. The lowest BCUT2D eigenvalue weighted by atomic mass is 9.91. The summed E-state index contributed by atoms with van der Waals surface area (Å²) < 4.78 is 7.83. The minimum Gasteiger partial charge on any atom is -0.373 e. The van der Waals surface area contributed by atoms with E-state index in [1.165, 1.54) is 0 Å². The van der Waals surface area contributed by atoms with Crippen LogP contribution < -0.4 is 5.32 Å². The summed E-state index contributed by atoms with van der Waals surface area (Å²) in [5, 5.41) is 7.62. The van der Waals surface area contributed by atoms with E-state index in [4.69, 9.17) is 4.74 Å². The Morgan fingerprint density at radius 3 is 2.96 bits per heavy atom. The molecule has 134 valence electrons. The molecule has 2 atom stereocenters. The molecular weight excluding hydrogens is 330 g/mol. The van der Waals surface area contributed by atoms with Crippen LogP contribution in [-0.2, 0) is 11.8 Å². The van der Waals surface area contributed by atoms with Crippen LogP contribution in [0.3, 0.4) is 0 Å². The molecule has 0 bridgehead atoms. The van der Waals surface area contributed by atoms with Gasteiger partial charge < -0.3 is 10.1 Å². The Bertz CT molecular complexity index is 852. The third-order valence-corrected chi connectivity index (χ3v) is 4.50. The molecule has 1 fully saturated rings. The van der Waals surface area contributed by atoms with E-state index in [-0.39, 0.29) is 6.10 Å². The molecule has 1 aliphatic heterocycles. The molecular formula is C18H21N7O. The molecule has 8 nitrogen and oxygen atoms in total.